The number of halogens is 1. The lowest BCUT2D eigenvalue weighted by Crippen LogP contribution is -2.50. The molecule has 0 N–H and O–H groups in total. The highest BCUT2D eigenvalue weighted by Gasteiger charge is 2.23. The van der Waals surface area contributed by atoms with Gasteiger partial charge in [0, 0.05) is 45.6 Å². The van der Waals surface area contributed by atoms with Crippen LogP contribution in [-0.4, -0.2) is 66.3 Å². The van der Waals surface area contributed by atoms with E-state index >= 15 is 0 Å². The minimum Gasteiger partial charge on any atom is -0.338 e. The molecule has 1 aliphatic heterocycles. The summed E-state index contributed by atoms with van der Waals surface area (Å²) in [7, 11) is 1.71. The van der Waals surface area contributed by atoms with E-state index in [2.05, 4.69) is 36.0 Å². The predicted octanol–water partition coefficient (Wildman–Crippen LogP) is 0.0313. The molecule has 0 bridgehead atoms. The average Bonchev–Trinajstić information content (AvgIpc) is 2.99. The number of hydrogen-bond acceptors (Lipinski definition) is 7. The van der Waals surface area contributed by atoms with E-state index in [1.54, 1.807) is 30.4 Å². The Morgan fingerprint density at radius 2 is 1.85 bits per heavy atom. The number of amides is 1. The third kappa shape index (κ3) is 3.29. The fourth-order valence-corrected chi connectivity index (χ4v) is 3.69. The van der Waals surface area contributed by atoms with Gasteiger partial charge in [-0.25, -0.2) is 19.6 Å². The fourth-order valence-electron chi connectivity index (χ4n) is 3.10. The molecule has 3 aromatic heterocycles. The van der Waals surface area contributed by atoms with E-state index in [0.29, 0.717) is 47.8 Å². The summed E-state index contributed by atoms with van der Waals surface area (Å²) in [6.07, 6.45) is 4.79. The molecular weight excluding hydrogens is 416 g/mol. The first-order chi connectivity index (χ1) is 13.0. The van der Waals surface area contributed by atoms with Crippen LogP contribution in [0, 0.1) is 0 Å². The van der Waals surface area contributed by atoms with Crippen LogP contribution >= 0.6 is 15.9 Å². The first kappa shape index (κ1) is 17.6. The van der Waals surface area contributed by atoms with Crippen LogP contribution in [-0.2, 0) is 18.4 Å². The molecule has 10 nitrogen and oxygen atoms in total. The molecule has 0 aliphatic carbocycles. The molecule has 1 aliphatic rings. The van der Waals surface area contributed by atoms with Crippen LogP contribution < -0.4 is 10.5 Å². The van der Waals surface area contributed by atoms with Crippen LogP contribution in [0.3, 0.4) is 0 Å². The van der Waals surface area contributed by atoms with Crippen LogP contribution in [0.4, 0.5) is 5.95 Å². The molecule has 0 aromatic carbocycles. The lowest BCUT2D eigenvalue weighted by atomic mass is 10.3. The molecule has 4 rings (SSSR count). The zero-order valence-electron chi connectivity index (χ0n) is 14.6. The van der Waals surface area contributed by atoms with Crippen LogP contribution in [0.5, 0.6) is 0 Å². The lowest BCUT2D eigenvalue weighted by Gasteiger charge is -2.34. The van der Waals surface area contributed by atoms with E-state index in [1.165, 1.54) is 15.6 Å². The number of hydrogen-bond donors (Lipinski definition) is 0. The Balaban J connectivity index is 1.46. The Morgan fingerprint density at radius 1 is 1.15 bits per heavy atom. The number of carbonyl (C=O) groups is 1. The van der Waals surface area contributed by atoms with Crippen molar-refractivity contribution in [1.82, 2.24) is 34.2 Å². The zero-order chi connectivity index (χ0) is 19.0. The van der Waals surface area contributed by atoms with Gasteiger partial charge in [-0.1, -0.05) is 0 Å². The number of rotatable bonds is 3. The van der Waals surface area contributed by atoms with Crippen molar-refractivity contribution >= 4 is 38.8 Å². The first-order valence-electron chi connectivity index (χ1n) is 8.42. The van der Waals surface area contributed by atoms with Gasteiger partial charge in [-0.2, -0.15) is 5.10 Å². The van der Waals surface area contributed by atoms with Crippen molar-refractivity contribution in [3.63, 3.8) is 0 Å². The first-order valence-corrected chi connectivity index (χ1v) is 9.21. The molecule has 0 radical (unpaired) electrons. The maximum Gasteiger partial charge on any atom is 0.266 e. The predicted molar refractivity (Wildman–Crippen MR) is 101 cm³/mol. The number of nitrogens with zero attached hydrogens (tertiary/aromatic N) is 8. The largest absolute Gasteiger partial charge is 0.338 e. The maximum absolute atomic E-state index is 12.7. The summed E-state index contributed by atoms with van der Waals surface area (Å²) in [6.45, 7) is 2.35. The van der Waals surface area contributed by atoms with Crippen LogP contribution in [0.15, 0.2) is 34.2 Å². The summed E-state index contributed by atoms with van der Waals surface area (Å²) < 4.78 is 3.28. The highest BCUT2D eigenvalue weighted by Crippen LogP contribution is 2.17. The molecule has 0 unspecified atom stereocenters. The van der Waals surface area contributed by atoms with Gasteiger partial charge in [0.05, 0.1) is 0 Å². The normalized spacial score (nSPS) is 14.7. The molecule has 1 fully saturated rings. The van der Waals surface area contributed by atoms with Gasteiger partial charge in [0.15, 0.2) is 5.65 Å². The van der Waals surface area contributed by atoms with Crippen LogP contribution in [0.1, 0.15) is 0 Å². The SMILES string of the molecule is Cn1nc(Br)c2c(=O)n(CC(=O)N3CCN(c4ncccn4)CC3)cnc21. The zero-order valence-corrected chi connectivity index (χ0v) is 16.2. The molecule has 1 amide bonds. The van der Waals surface area contributed by atoms with Gasteiger partial charge >= 0.3 is 0 Å². The van der Waals surface area contributed by atoms with Crippen molar-refractivity contribution in [2.24, 2.45) is 7.05 Å². The van der Waals surface area contributed by atoms with E-state index in [0.717, 1.165) is 0 Å². The van der Waals surface area contributed by atoms with Crippen molar-refractivity contribution in [2.75, 3.05) is 31.1 Å². The molecule has 3 aromatic rings. The molecule has 0 saturated carbocycles. The van der Waals surface area contributed by atoms with Crippen molar-refractivity contribution < 1.29 is 4.79 Å². The number of anilines is 1. The van der Waals surface area contributed by atoms with E-state index in [1.807, 2.05) is 4.90 Å². The number of aryl methyl sites for hydroxylation is 1. The summed E-state index contributed by atoms with van der Waals surface area (Å²) in [4.78, 5) is 41.8. The summed E-state index contributed by atoms with van der Waals surface area (Å²) in [5.41, 5.74) is 0.191. The van der Waals surface area contributed by atoms with Crippen molar-refractivity contribution in [3.8, 4) is 0 Å². The minimum absolute atomic E-state index is 0.0507. The monoisotopic (exact) mass is 432 g/mol. The topological polar surface area (TPSA) is 102 Å². The summed E-state index contributed by atoms with van der Waals surface area (Å²) in [5.74, 6) is 0.545. The molecule has 11 heteroatoms. The highest BCUT2D eigenvalue weighted by atomic mass is 79.9. The fraction of sp³-hybridized carbons (Fsp3) is 0.375. The molecule has 140 valence electrons. The minimum atomic E-state index is -0.287. The lowest BCUT2D eigenvalue weighted by molar-refractivity contribution is -0.132. The average molecular weight is 433 g/mol. The van der Waals surface area contributed by atoms with Gasteiger partial charge in [0.2, 0.25) is 11.9 Å². The van der Waals surface area contributed by atoms with Crippen molar-refractivity contribution in [3.05, 3.63) is 39.7 Å². The summed E-state index contributed by atoms with van der Waals surface area (Å²) in [5, 5.41) is 4.52. The Hall–Kier alpha value is -2.82. The van der Waals surface area contributed by atoms with Gasteiger partial charge < -0.3 is 9.80 Å². The number of carbonyl (C=O) groups excluding carboxylic acids is 1. The summed E-state index contributed by atoms with van der Waals surface area (Å²) in [6, 6.07) is 1.77. The Kier molecular flexibility index (Phi) is 4.60. The highest BCUT2D eigenvalue weighted by molar-refractivity contribution is 9.10. The van der Waals surface area contributed by atoms with E-state index in [9.17, 15) is 9.59 Å². The van der Waals surface area contributed by atoms with E-state index in [-0.39, 0.29) is 18.0 Å². The molecule has 0 spiro atoms. The molecule has 27 heavy (non-hydrogen) atoms. The van der Waals surface area contributed by atoms with Crippen LogP contribution in [0.25, 0.3) is 11.0 Å². The number of piperazine rings is 1. The quantitative estimate of drug-likeness (QED) is 0.575. The third-order valence-electron chi connectivity index (χ3n) is 4.54. The Morgan fingerprint density at radius 3 is 2.56 bits per heavy atom. The molecule has 0 atom stereocenters. The number of aromatic nitrogens is 6. The second-order valence-electron chi connectivity index (χ2n) is 6.21. The summed E-state index contributed by atoms with van der Waals surface area (Å²) >= 11 is 3.28. The van der Waals surface area contributed by atoms with Gasteiger partial charge in [0.1, 0.15) is 22.9 Å². The molecule has 1 saturated heterocycles. The second-order valence-corrected chi connectivity index (χ2v) is 6.96. The number of fused-ring (bicyclic) bond motifs is 1. The van der Waals surface area contributed by atoms with Gasteiger partial charge in [-0.15, -0.1) is 0 Å². The van der Waals surface area contributed by atoms with Gasteiger partial charge in [-0.3, -0.25) is 14.2 Å². The maximum atomic E-state index is 12.7. The van der Waals surface area contributed by atoms with E-state index < -0.39 is 0 Å². The standard InChI is InChI=1S/C16H17BrN8O2/c1-22-14-12(13(17)21-22)15(27)25(10-20-14)9-11(26)23-5-7-24(8-6-23)16-18-3-2-4-19-16/h2-4,10H,5-9H2,1H3. The smallest absolute Gasteiger partial charge is 0.266 e. The second kappa shape index (κ2) is 7.06. The molecular formula is C16H17BrN8O2. The Bertz CT molecular complexity index is 1040. The van der Waals surface area contributed by atoms with Crippen LogP contribution in [0.2, 0.25) is 0 Å². The van der Waals surface area contributed by atoms with Gasteiger partial charge in [0.25, 0.3) is 5.56 Å². The Labute approximate surface area is 162 Å². The third-order valence-corrected chi connectivity index (χ3v) is 5.10. The molecule has 4 heterocycles. The van der Waals surface area contributed by atoms with Crippen molar-refractivity contribution in [2.45, 2.75) is 6.54 Å². The van der Waals surface area contributed by atoms with Crippen molar-refractivity contribution in [1.29, 1.82) is 0 Å². The van der Waals surface area contributed by atoms with Gasteiger partial charge in [-0.05, 0) is 22.0 Å². The van der Waals surface area contributed by atoms with E-state index in [4.69, 9.17) is 0 Å².